The lowest BCUT2D eigenvalue weighted by molar-refractivity contribution is -0.121. The molecule has 3 rings (SSSR count). The topological polar surface area (TPSA) is 87.7 Å². The number of benzene rings is 1. The van der Waals surface area contributed by atoms with Crippen LogP contribution in [0.15, 0.2) is 35.7 Å². The number of aliphatic hydroxyl groups excluding tert-OH is 1. The molecule has 0 radical (unpaired) electrons. The fourth-order valence-corrected chi connectivity index (χ4v) is 4.22. The lowest BCUT2D eigenvalue weighted by Crippen LogP contribution is -2.30. The van der Waals surface area contributed by atoms with Crippen molar-refractivity contribution in [1.82, 2.24) is 5.32 Å². The van der Waals surface area contributed by atoms with Gasteiger partial charge in [-0.15, -0.1) is 11.3 Å². The molecule has 6 nitrogen and oxygen atoms in total. The van der Waals surface area contributed by atoms with Crippen molar-refractivity contribution in [2.75, 3.05) is 19.0 Å². The highest BCUT2D eigenvalue weighted by Crippen LogP contribution is 2.28. The fourth-order valence-electron chi connectivity index (χ4n) is 3.46. The van der Waals surface area contributed by atoms with Gasteiger partial charge in [-0.25, -0.2) is 0 Å². The van der Waals surface area contributed by atoms with Crippen LogP contribution in [-0.2, 0) is 11.2 Å². The van der Waals surface area contributed by atoms with E-state index in [4.69, 9.17) is 4.74 Å². The Labute approximate surface area is 168 Å². The largest absolute Gasteiger partial charge is 0.496 e. The lowest BCUT2D eigenvalue weighted by Gasteiger charge is -2.24. The number of amides is 2. The first-order valence-corrected chi connectivity index (χ1v) is 10.4. The Balaban J connectivity index is 1.54. The zero-order valence-electron chi connectivity index (χ0n) is 15.9. The third-order valence-corrected chi connectivity index (χ3v) is 5.98. The molecule has 0 aliphatic heterocycles. The lowest BCUT2D eigenvalue weighted by atomic mass is 9.87. The number of carbonyl (C=O) groups excluding carboxylic acids is 2. The number of hydrogen-bond acceptors (Lipinski definition) is 5. The summed E-state index contributed by atoms with van der Waals surface area (Å²) in [4.78, 5) is 25.5. The zero-order chi connectivity index (χ0) is 19.9. The summed E-state index contributed by atoms with van der Waals surface area (Å²) in [5, 5.41) is 17.2. The van der Waals surface area contributed by atoms with E-state index in [0.717, 1.165) is 11.3 Å². The van der Waals surface area contributed by atoms with Crippen LogP contribution in [0.25, 0.3) is 0 Å². The zero-order valence-corrected chi connectivity index (χ0v) is 16.8. The fraction of sp³-hybridized carbons (Fsp3) is 0.429. The second-order valence-electron chi connectivity index (χ2n) is 6.98. The van der Waals surface area contributed by atoms with Crippen LogP contribution >= 0.6 is 11.3 Å². The molecule has 1 aliphatic rings. The number of nitrogens with one attached hydrogen (secondary N) is 2. The molecule has 1 fully saturated rings. The predicted molar refractivity (Wildman–Crippen MR) is 110 cm³/mol. The molecule has 0 atom stereocenters. The van der Waals surface area contributed by atoms with Crippen LogP contribution in [0.3, 0.4) is 0 Å². The molecule has 7 heteroatoms. The van der Waals surface area contributed by atoms with E-state index in [1.807, 2.05) is 24.3 Å². The third kappa shape index (κ3) is 5.11. The first-order chi connectivity index (χ1) is 13.6. The van der Waals surface area contributed by atoms with Gasteiger partial charge in [-0.3, -0.25) is 9.59 Å². The van der Waals surface area contributed by atoms with E-state index in [1.54, 1.807) is 18.6 Å². The Morgan fingerprint density at radius 1 is 1.18 bits per heavy atom. The average Bonchev–Trinajstić information content (AvgIpc) is 3.17. The van der Waals surface area contributed by atoms with Crippen LogP contribution in [0.2, 0.25) is 0 Å². The van der Waals surface area contributed by atoms with E-state index < -0.39 is 0 Å². The number of rotatable bonds is 7. The van der Waals surface area contributed by atoms with E-state index in [0.29, 0.717) is 49.2 Å². The molecule has 1 aromatic carbocycles. The highest BCUT2D eigenvalue weighted by molar-refractivity contribution is 7.12. The molecule has 1 aromatic heterocycles. The summed E-state index contributed by atoms with van der Waals surface area (Å²) in [6, 6.07) is 9.48. The summed E-state index contributed by atoms with van der Waals surface area (Å²) in [6.45, 7) is 0.477. The van der Waals surface area contributed by atoms with Crippen molar-refractivity contribution in [3.63, 3.8) is 0 Å². The van der Waals surface area contributed by atoms with Crippen LogP contribution in [0.4, 0.5) is 5.69 Å². The first-order valence-electron chi connectivity index (χ1n) is 9.55. The molecular formula is C21H26N2O4S. The summed E-state index contributed by atoms with van der Waals surface area (Å²) in [5.41, 5.74) is 1.58. The minimum absolute atomic E-state index is 0.0756. The van der Waals surface area contributed by atoms with Crippen LogP contribution in [0.1, 0.15) is 40.9 Å². The van der Waals surface area contributed by atoms with E-state index in [1.165, 1.54) is 11.3 Å². The number of carbonyl (C=O) groups is 2. The maximum atomic E-state index is 12.6. The Bertz CT molecular complexity index is 812. The van der Waals surface area contributed by atoms with Gasteiger partial charge < -0.3 is 20.5 Å². The van der Waals surface area contributed by atoms with Crippen molar-refractivity contribution in [3.05, 3.63) is 46.2 Å². The van der Waals surface area contributed by atoms with Crippen LogP contribution in [0, 0.1) is 5.92 Å². The molecule has 0 unspecified atom stereocenters. The van der Waals surface area contributed by atoms with E-state index in [2.05, 4.69) is 10.6 Å². The van der Waals surface area contributed by atoms with Gasteiger partial charge in [0.05, 0.1) is 18.9 Å². The van der Waals surface area contributed by atoms with Gasteiger partial charge in [-0.1, -0.05) is 18.2 Å². The molecule has 3 N–H and O–H groups in total. The number of thiophene rings is 1. The normalized spacial score (nSPS) is 19.1. The maximum absolute atomic E-state index is 12.6. The molecule has 1 saturated carbocycles. The Hall–Kier alpha value is -2.38. The average molecular weight is 403 g/mol. The molecule has 150 valence electrons. The van der Waals surface area contributed by atoms with Gasteiger partial charge in [0.1, 0.15) is 10.6 Å². The number of hydrogen-bond donors (Lipinski definition) is 3. The van der Waals surface area contributed by atoms with E-state index >= 15 is 0 Å². The highest BCUT2D eigenvalue weighted by Gasteiger charge is 2.26. The Morgan fingerprint density at radius 3 is 2.68 bits per heavy atom. The summed E-state index contributed by atoms with van der Waals surface area (Å²) >= 11 is 1.31. The van der Waals surface area contributed by atoms with Crippen LogP contribution in [0.5, 0.6) is 5.75 Å². The van der Waals surface area contributed by atoms with Gasteiger partial charge in [0, 0.05) is 12.5 Å². The van der Waals surface area contributed by atoms with Gasteiger partial charge in [-0.2, -0.15) is 0 Å². The summed E-state index contributed by atoms with van der Waals surface area (Å²) in [7, 11) is 1.63. The van der Waals surface area contributed by atoms with Crippen molar-refractivity contribution in [3.8, 4) is 5.75 Å². The Morgan fingerprint density at radius 2 is 1.93 bits per heavy atom. The smallest absolute Gasteiger partial charge is 0.263 e. The van der Waals surface area contributed by atoms with Crippen LogP contribution < -0.4 is 15.4 Å². The standard InChI is InChI=1S/C21H26N2O4S/c1-27-18-5-3-2-4-14(18)10-12-22-21(26)19-17(11-13-28-19)23-20(25)15-6-8-16(24)9-7-15/h2-5,11,13,15-16,24H,6-10,12H2,1H3,(H,22,26)(H,23,25). The predicted octanol–water partition coefficient (Wildman–Crippen LogP) is 3.22. The SMILES string of the molecule is COc1ccccc1CCNC(=O)c1sccc1NC(=O)C1CCC(O)CC1. The molecule has 1 aliphatic carbocycles. The van der Waals surface area contributed by atoms with Gasteiger partial charge in [0.2, 0.25) is 5.91 Å². The molecule has 0 spiro atoms. The third-order valence-electron chi connectivity index (χ3n) is 5.07. The number of para-hydroxylation sites is 1. The maximum Gasteiger partial charge on any atom is 0.263 e. The molecule has 2 amide bonds. The number of methoxy groups -OCH3 is 1. The van der Waals surface area contributed by atoms with Crippen molar-refractivity contribution in [2.24, 2.45) is 5.92 Å². The number of aliphatic hydroxyl groups is 1. The van der Waals surface area contributed by atoms with Gasteiger partial charge in [0.15, 0.2) is 0 Å². The summed E-state index contributed by atoms with van der Waals surface area (Å²) < 4.78 is 5.33. The molecular weight excluding hydrogens is 376 g/mol. The van der Waals surface area contributed by atoms with E-state index in [9.17, 15) is 14.7 Å². The molecule has 2 aromatic rings. The van der Waals surface area contributed by atoms with Crippen molar-refractivity contribution in [1.29, 1.82) is 0 Å². The minimum Gasteiger partial charge on any atom is -0.496 e. The van der Waals surface area contributed by atoms with Crippen molar-refractivity contribution >= 4 is 28.8 Å². The van der Waals surface area contributed by atoms with E-state index in [-0.39, 0.29) is 23.8 Å². The minimum atomic E-state index is -0.297. The number of anilines is 1. The van der Waals surface area contributed by atoms with Crippen molar-refractivity contribution in [2.45, 2.75) is 38.2 Å². The van der Waals surface area contributed by atoms with Gasteiger partial charge in [-0.05, 0) is 55.2 Å². The molecule has 28 heavy (non-hydrogen) atoms. The second kappa shape index (κ2) is 9.71. The van der Waals surface area contributed by atoms with Crippen molar-refractivity contribution < 1.29 is 19.4 Å². The monoisotopic (exact) mass is 402 g/mol. The van der Waals surface area contributed by atoms with Gasteiger partial charge >= 0.3 is 0 Å². The highest BCUT2D eigenvalue weighted by atomic mass is 32.1. The Kier molecular flexibility index (Phi) is 7.06. The van der Waals surface area contributed by atoms with Gasteiger partial charge in [0.25, 0.3) is 5.91 Å². The summed E-state index contributed by atoms with van der Waals surface area (Å²) in [6.07, 6.45) is 3.02. The molecule has 1 heterocycles. The second-order valence-corrected chi connectivity index (χ2v) is 7.89. The summed E-state index contributed by atoms with van der Waals surface area (Å²) in [5.74, 6) is 0.427. The molecule has 0 saturated heterocycles. The number of ether oxygens (including phenoxy) is 1. The first kappa shape index (κ1) is 20.4. The quantitative estimate of drug-likeness (QED) is 0.664. The van der Waals surface area contributed by atoms with Crippen LogP contribution in [-0.4, -0.2) is 36.7 Å². The molecule has 0 bridgehead atoms.